The zero-order valence-corrected chi connectivity index (χ0v) is 15.1. The van der Waals surface area contributed by atoms with Crippen molar-refractivity contribution < 1.29 is 9.90 Å². The molecule has 1 atom stereocenters. The number of hydrogen-bond donors (Lipinski definition) is 3. The van der Waals surface area contributed by atoms with E-state index in [2.05, 4.69) is 30.5 Å². The molecule has 0 aromatic heterocycles. The minimum atomic E-state index is -0.316. The van der Waals surface area contributed by atoms with Crippen LogP contribution in [0.5, 0.6) is 0 Å². The van der Waals surface area contributed by atoms with Gasteiger partial charge in [0.2, 0.25) is 5.91 Å². The molecule has 3 rings (SSSR count). The van der Waals surface area contributed by atoms with Gasteiger partial charge in [0.1, 0.15) is 0 Å². The van der Waals surface area contributed by atoms with Crippen LogP contribution >= 0.6 is 0 Å². The van der Waals surface area contributed by atoms with Gasteiger partial charge in [-0.05, 0) is 56.1 Å². The summed E-state index contributed by atoms with van der Waals surface area (Å²) in [5.41, 5.74) is 1.94. The summed E-state index contributed by atoms with van der Waals surface area (Å²) in [4.78, 5) is 12.6. The Hall–Kier alpha value is -1.39. The van der Waals surface area contributed by atoms with E-state index in [1.54, 1.807) is 0 Å². The standard InChI is InChI=1S/C20H30N2O2/c1-14(23)12-19(2,3)13-21-15-8-10-20(11-9-15)16-6-4-5-7-17(16)22-18(20)24/h4-7,14-15,21,23H,8-13H2,1-3H3,(H,22,24). The van der Waals surface area contributed by atoms with Crippen LogP contribution in [0.4, 0.5) is 5.69 Å². The summed E-state index contributed by atoms with van der Waals surface area (Å²) in [6.07, 6.45) is 4.38. The molecule has 0 radical (unpaired) electrons. The summed E-state index contributed by atoms with van der Waals surface area (Å²) in [6.45, 7) is 7.13. The Bertz CT molecular complexity index is 601. The topological polar surface area (TPSA) is 61.4 Å². The van der Waals surface area contributed by atoms with Crippen LogP contribution in [0.3, 0.4) is 0 Å². The van der Waals surface area contributed by atoms with Crippen molar-refractivity contribution in [3.63, 3.8) is 0 Å². The van der Waals surface area contributed by atoms with Crippen molar-refractivity contribution in [1.29, 1.82) is 0 Å². The quantitative estimate of drug-likeness (QED) is 0.777. The molecule has 1 aliphatic carbocycles. The molecule has 24 heavy (non-hydrogen) atoms. The lowest BCUT2D eigenvalue weighted by molar-refractivity contribution is -0.122. The van der Waals surface area contributed by atoms with Crippen LogP contribution in [0, 0.1) is 5.41 Å². The number of carbonyl (C=O) groups excluding carboxylic acids is 1. The van der Waals surface area contributed by atoms with Crippen LogP contribution < -0.4 is 10.6 Å². The highest BCUT2D eigenvalue weighted by Crippen LogP contribution is 2.47. The predicted octanol–water partition coefficient (Wildman–Crippen LogP) is 3.21. The number of hydrogen-bond acceptors (Lipinski definition) is 3. The second-order valence-electron chi connectivity index (χ2n) is 8.45. The van der Waals surface area contributed by atoms with Gasteiger partial charge in [0.25, 0.3) is 0 Å². The number of aliphatic hydroxyl groups is 1. The maximum Gasteiger partial charge on any atom is 0.235 e. The van der Waals surface area contributed by atoms with Gasteiger partial charge < -0.3 is 15.7 Å². The summed E-state index contributed by atoms with van der Waals surface area (Å²) in [6, 6.07) is 8.58. The molecule has 0 saturated heterocycles. The molecule has 1 saturated carbocycles. The van der Waals surface area contributed by atoms with Crippen LogP contribution in [-0.2, 0) is 10.2 Å². The predicted molar refractivity (Wildman–Crippen MR) is 97.1 cm³/mol. The first-order chi connectivity index (χ1) is 11.3. The monoisotopic (exact) mass is 330 g/mol. The summed E-state index contributed by atoms with van der Waals surface area (Å²) < 4.78 is 0. The Balaban J connectivity index is 1.60. The highest BCUT2D eigenvalue weighted by Gasteiger charge is 2.48. The first-order valence-electron chi connectivity index (χ1n) is 9.15. The molecule has 2 aliphatic rings. The molecule has 4 nitrogen and oxygen atoms in total. The van der Waals surface area contributed by atoms with E-state index in [0.29, 0.717) is 6.04 Å². The Morgan fingerprint density at radius 2 is 2.00 bits per heavy atom. The lowest BCUT2D eigenvalue weighted by Gasteiger charge is -2.37. The Morgan fingerprint density at radius 1 is 1.33 bits per heavy atom. The lowest BCUT2D eigenvalue weighted by atomic mass is 9.69. The average Bonchev–Trinajstić information content (AvgIpc) is 2.78. The fourth-order valence-corrected chi connectivity index (χ4v) is 4.48. The number of carbonyl (C=O) groups is 1. The lowest BCUT2D eigenvalue weighted by Crippen LogP contribution is -2.45. The van der Waals surface area contributed by atoms with Crippen LogP contribution in [0.25, 0.3) is 0 Å². The summed E-state index contributed by atoms with van der Waals surface area (Å²) in [5, 5.41) is 16.3. The number of benzene rings is 1. The molecule has 1 fully saturated rings. The van der Waals surface area contributed by atoms with Gasteiger partial charge in [-0.25, -0.2) is 0 Å². The molecule has 1 aromatic carbocycles. The largest absolute Gasteiger partial charge is 0.393 e. The molecular formula is C20H30N2O2. The molecule has 1 spiro atoms. The third kappa shape index (κ3) is 3.35. The Kier molecular flexibility index (Phi) is 4.71. The van der Waals surface area contributed by atoms with Crippen molar-refractivity contribution in [1.82, 2.24) is 5.32 Å². The number of amides is 1. The van der Waals surface area contributed by atoms with E-state index in [1.807, 2.05) is 25.1 Å². The molecule has 1 aliphatic heterocycles. The molecule has 0 bridgehead atoms. The maximum absolute atomic E-state index is 12.6. The summed E-state index contributed by atoms with van der Waals surface area (Å²) in [7, 11) is 0. The van der Waals surface area contributed by atoms with Gasteiger partial charge in [-0.2, -0.15) is 0 Å². The van der Waals surface area contributed by atoms with Gasteiger partial charge >= 0.3 is 0 Å². The van der Waals surface area contributed by atoms with Gasteiger partial charge in [-0.3, -0.25) is 4.79 Å². The molecule has 132 valence electrons. The van der Waals surface area contributed by atoms with E-state index in [1.165, 1.54) is 5.56 Å². The molecular weight excluding hydrogens is 300 g/mol. The minimum absolute atomic E-state index is 0.0840. The van der Waals surface area contributed by atoms with Gasteiger partial charge in [-0.1, -0.05) is 32.0 Å². The average molecular weight is 330 g/mol. The third-order valence-corrected chi connectivity index (χ3v) is 5.68. The normalized spacial score (nSPS) is 27.8. The van der Waals surface area contributed by atoms with Crippen molar-refractivity contribution in [2.75, 3.05) is 11.9 Å². The number of nitrogens with one attached hydrogen (secondary N) is 2. The number of para-hydroxylation sites is 1. The second-order valence-corrected chi connectivity index (χ2v) is 8.45. The van der Waals surface area contributed by atoms with Crippen molar-refractivity contribution in [3.05, 3.63) is 29.8 Å². The van der Waals surface area contributed by atoms with Gasteiger partial charge in [-0.15, -0.1) is 0 Å². The summed E-state index contributed by atoms with van der Waals surface area (Å²) in [5.74, 6) is 0.177. The first kappa shape index (κ1) is 17.4. The molecule has 4 heteroatoms. The van der Waals surface area contributed by atoms with Gasteiger partial charge in [0.05, 0.1) is 11.5 Å². The molecule has 1 heterocycles. The van der Waals surface area contributed by atoms with Gasteiger partial charge in [0.15, 0.2) is 0 Å². The van der Waals surface area contributed by atoms with Crippen molar-refractivity contribution in [2.45, 2.75) is 70.4 Å². The van der Waals surface area contributed by atoms with E-state index in [-0.39, 0.29) is 22.8 Å². The van der Waals surface area contributed by atoms with Crippen LogP contribution in [0.2, 0.25) is 0 Å². The van der Waals surface area contributed by atoms with Gasteiger partial charge in [0, 0.05) is 18.3 Å². The number of aliphatic hydroxyl groups excluding tert-OH is 1. The van der Waals surface area contributed by atoms with Crippen LogP contribution in [0.1, 0.15) is 58.4 Å². The van der Waals surface area contributed by atoms with Crippen molar-refractivity contribution >= 4 is 11.6 Å². The molecule has 1 amide bonds. The smallest absolute Gasteiger partial charge is 0.235 e. The molecule has 3 N–H and O–H groups in total. The highest BCUT2D eigenvalue weighted by atomic mass is 16.3. The van der Waals surface area contributed by atoms with E-state index >= 15 is 0 Å². The number of rotatable bonds is 5. The first-order valence-corrected chi connectivity index (χ1v) is 9.15. The SMILES string of the molecule is CC(O)CC(C)(C)CNC1CCC2(CC1)C(=O)Nc1ccccc12. The molecule has 1 aromatic rings. The second kappa shape index (κ2) is 6.49. The zero-order valence-electron chi connectivity index (χ0n) is 15.1. The molecule has 1 unspecified atom stereocenters. The minimum Gasteiger partial charge on any atom is -0.393 e. The van der Waals surface area contributed by atoms with E-state index in [9.17, 15) is 9.90 Å². The zero-order chi connectivity index (χ0) is 17.4. The van der Waals surface area contributed by atoms with E-state index in [4.69, 9.17) is 0 Å². The van der Waals surface area contributed by atoms with Crippen LogP contribution in [0.15, 0.2) is 24.3 Å². The maximum atomic E-state index is 12.6. The third-order valence-electron chi connectivity index (χ3n) is 5.68. The number of anilines is 1. The fraction of sp³-hybridized carbons (Fsp3) is 0.650. The van der Waals surface area contributed by atoms with Crippen molar-refractivity contribution in [3.8, 4) is 0 Å². The van der Waals surface area contributed by atoms with E-state index in [0.717, 1.165) is 44.3 Å². The highest BCUT2D eigenvalue weighted by molar-refractivity contribution is 6.06. The Labute approximate surface area is 145 Å². The van der Waals surface area contributed by atoms with E-state index < -0.39 is 0 Å². The Morgan fingerprint density at radius 3 is 2.67 bits per heavy atom. The fourth-order valence-electron chi connectivity index (χ4n) is 4.48. The van der Waals surface area contributed by atoms with Crippen LogP contribution in [-0.4, -0.2) is 29.7 Å². The number of fused-ring (bicyclic) bond motifs is 2. The summed E-state index contributed by atoms with van der Waals surface area (Å²) >= 11 is 0. The van der Waals surface area contributed by atoms with Crippen molar-refractivity contribution in [2.24, 2.45) is 5.41 Å².